The molecule has 0 N–H and O–H groups in total. The van der Waals surface area contributed by atoms with Crippen LogP contribution in [0.1, 0.15) is 5.56 Å². The third-order valence-corrected chi connectivity index (χ3v) is 12.2. The first-order valence-electron chi connectivity index (χ1n) is 21.0. The summed E-state index contributed by atoms with van der Waals surface area (Å²) in [6, 6.07) is 86.1. The van der Waals surface area contributed by atoms with Gasteiger partial charge in [-0.25, -0.2) is 0 Å². The fourth-order valence-electron chi connectivity index (χ4n) is 9.33. The van der Waals surface area contributed by atoms with Gasteiger partial charge in [0.05, 0.1) is 0 Å². The number of rotatable bonds is 8. The van der Waals surface area contributed by atoms with Crippen LogP contribution in [0.15, 0.2) is 237 Å². The molecule has 11 rings (SSSR count). The molecule has 0 aromatic heterocycles. The lowest BCUT2D eigenvalue weighted by atomic mass is 9.83. The summed E-state index contributed by atoms with van der Waals surface area (Å²) in [5.41, 5.74) is 12.8. The van der Waals surface area contributed by atoms with Gasteiger partial charge in [0.25, 0.3) is 0 Å². The van der Waals surface area contributed by atoms with Crippen molar-refractivity contribution in [2.75, 3.05) is 9.80 Å². The van der Waals surface area contributed by atoms with Gasteiger partial charge in [-0.2, -0.15) is 0 Å². The van der Waals surface area contributed by atoms with Gasteiger partial charge in [-0.05, 0) is 157 Å². The largest absolute Gasteiger partial charge is 0.310 e. The monoisotopic (exact) mass is 778 g/mol. The summed E-state index contributed by atoms with van der Waals surface area (Å²) in [7, 11) is 0. The molecular formula is C59H42N2. The minimum Gasteiger partial charge on any atom is -0.310 e. The van der Waals surface area contributed by atoms with E-state index in [9.17, 15) is 0 Å². The maximum Gasteiger partial charge on any atom is 0.0468 e. The highest BCUT2D eigenvalue weighted by atomic mass is 15.1. The van der Waals surface area contributed by atoms with Crippen LogP contribution in [0.3, 0.4) is 0 Å². The molecule has 11 aromatic carbocycles. The van der Waals surface area contributed by atoms with Crippen molar-refractivity contribution in [1.82, 2.24) is 0 Å². The zero-order valence-corrected chi connectivity index (χ0v) is 33.9. The van der Waals surface area contributed by atoms with Crippen LogP contribution in [0.5, 0.6) is 0 Å². The Labute approximate surface area is 356 Å². The predicted molar refractivity (Wildman–Crippen MR) is 261 cm³/mol. The Morgan fingerprint density at radius 3 is 1.23 bits per heavy atom. The van der Waals surface area contributed by atoms with Gasteiger partial charge in [-0.15, -0.1) is 0 Å². The van der Waals surface area contributed by atoms with E-state index in [-0.39, 0.29) is 0 Å². The Kier molecular flexibility index (Phi) is 9.09. The predicted octanol–water partition coefficient (Wildman–Crippen LogP) is 16.9. The molecule has 0 amide bonds. The van der Waals surface area contributed by atoms with Crippen molar-refractivity contribution in [1.29, 1.82) is 0 Å². The summed E-state index contributed by atoms with van der Waals surface area (Å²) in [5, 5.41) is 9.79. The molecule has 2 nitrogen and oxygen atoms in total. The zero-order valence-electron chi connectivity index (χ0n) is 33.9. The first-order valence-corrected chi connectivity index (χ1v) is 21.0. The van der Waals surface area contributed by atoms with Gasteiger partial charge in [-0.1, -0.05) is 158 Å². The molecule has 61 heavy (non-hydrogen) atoms. The van der Waals surface area contributed by atoms with E-state index < -0.39 is 0 Å². The van der Waals surface area contributed by atoms with Crippen LogP contribution in [0, 0.1) is 6.92 Å². The number of hydrogen-bond donors (Lipinski definition) is 0. The number of benzene rings is 11. The number of para-hydroxylation sites is 4. The summed E-state index contributed by atoms with van der Waals surface area (Å²) in [4.78, 5) is 4.74. The highest BCUT2D eigenvalue weighted by molar-refractivity contribution is 6.23. The quantitative estimate of drug-likeness (QED) is 0.142. The van der Waals surface area contributed by atoms with Crippen LogP contribution in [0.2, 0.25) is 0 Å². The molecule has 0 aliphatic heterocycles. The van der Waals surface area contributed by atoms with Crippen molar-refractivity contribution >= 4 is 77.2 Å². The van der Waals surface area contributed by atoms with Crippen molar-refractivity contribution in [2.24, 2.45) is 0 Å². The minimum absolute atomic E-state index is 1.10. The maximum absolute atomic E-state index is 2.43. The van der Waals surface area contributed by atoms with Crippen molar-refractivity contribution < 1.29 is 0 Å². The molecule has 0 saturated carbocycles. The zero-order chi connectivity index (χ0) is 40.7. The number of nitrogens with zero attached hydrogens (tertiary/aromatic N) is 2. The van der Waals surface area contributed by atoms with Crippen LogP contribution in [-0.4, -0.2) is 0 Å². The number of aryl methyl sites for hydroxylation is 1. The van der Waals surface area contributed by atoms with E-state index >= 15 is 0 Å². The van der Waals surface area contributed by atoms with Crippen LogP contribution in [0.25, 0.3) is 65.3 Å². The van der Waals surface area contributed by atoms with Crippen LogP contribution in [-0.2, 0) is 0 Å². The molecule has 0 atom stereocenters. The third-order valence-electron chi connectivity index (χ3n) is 12.2. The Morgan fingerprint density at radius 2 is 0.689 bits per heavy atom. The molecule has 0 fully saturated rings. The van der Waals surface area contributed by atoms with E-state index in [0.29, 0.717) is 0 Å². The first-order chi connectivity index (χ1) is 30.2. The summed E-state index contributed by atoms with van der Waals surface area (Å²) in [6.07, 6.45) is 0. The second-order valence-electron chi connectivity index (χ2n) is 15.7. The molecule has 0 aliphatic carbocycles. The van der Waals surface area contributed by atoms with Gasteiger partial charge in [0.1, 0.15) is 0 Å². The van der Waals surface area contributed by atoms with Gasteiger partial charge < -0.3 is 9.80 Å². The molecule has 0 heterocycles. The smallest absolute Gasteiger partial charge is 0.0468 e. The fraction of sp³-hybridized carbons (Fsp3) is 0.0169. The summed E-state index contributed by atoms with van der Waals surface area (Å²) in [5.74, 6) is 0. The van der Waals surface area contributed by atoms with Gasteiger partial charge in [0.2, 0.25) is 0 Å². The van der Waals surface area contributed by atoms with E-state index in [4.69, 9.17) is 0 Å². The molecule has 0 bridgehead atoms. The molecule has 0 spiro atoms. The lowest BCUT2D eigenvalue weighted by molar-refractivity contribution is 1.29. The van der Waals surface area contributed by atoms with Crippen LogP contribution >= 0.6 is 0 Å². The molecule has 0 unspecified atom stereocenters. The van der Waals surface area contributed by atoms with E-state index in [1.807, 2.05) is 0 Å². The van der Waals surface area contributed by atoms with Crippen LogP contribution in [0.4, 0.5) is 34.1 Å². The van der Waals surface area contributed by atoms with Gasteiger partial charge in [-0.3, -0.25) is 0 Å². The number of hydrogen-bond acceptors (Lipinski definition) is 2. The van der Waals surface area contributed by atoms with E-state index in [1.54, 1.807) is 0 Å². The van der Waals surface area contributed by atoms with Crippen LogP contribution < -0.4 is 9.80 Å². The standard InChI is InChI=1S/C59H42N2/c1-41-52-29-17-16-19-43(52)32-35-53(41)59-55-37-34-50(60(46-21-6-2-7-22-46)47-23-8-3-9-24-47)39-56(55)58(45-31-30-42-18-14-15-20-44(42)38-45)54-36-33-51(40-57(54)59)61(48-25-10-4-11-26-48)49-27-12-5-13-28-49/h2-40H,1H3. The molecule has 0 saturated heterocycles. The lowest BCUT2D eigenvalue weighted by Crippen LogP contribution is -2.10. The molecule has 0 aliphatic rings. The second-order valence-corrected chi connectivity index (χ2v) is 15.7. The normalized spacial score (nSPS) is 11.4. The van der Waals surface area contributed by atoms with Crippen molar-refractivity contribution in [3.05, 3.63) is 242 Å². The topological polar surface area (TPSA) is 6.48 Å². The maximum atomic E-state index is 2.43. The van der Waals surface area contributed by atoms with E-state index in [0.717, 1.165) is 34.1 Å². The number of fused-ring (bicyclic) bond motifs is 4. The third kappa shape index (κ3) is 6.46. The summed E-state index contributed by atoms with van der Waals surface area (Å²) < 4.78 is 0. The summed E-state index contributed by atoms with van der Waals surface area (Å²) >= 11 is 0. The average Bonchev–Trinajstić information content (AvgIpc) is 3.33. The van der Waals surface area contributed by atoms with Gasteiger partial charge >= 0.3 is 0 Å². The van der Waals surface area contributed by atoms with E-state index in [1.165, 1.54) is 70.9 Å². The first kappa shape index (κ1) is 36.2. The van der Waals surface area contributed by atoms with Crippen molar-refractivity contribution in [3.63, 3.8) is 0 Å². The fourth-order valence-corrected chi connectivity index (χ4v) is 9.33. The Bertz CT molecular complexity index is 3280. The minimum atomic E-state index is 1.10. The molecule has 11 aromatic rings. The van der Waals surface area contributed by atoms with Crippen molar-refractivity contribution in [2.45, 2.75) is 6.92 Å². The van der Waals surface area contributed by atoms with Gasteiger partial charge in [0.15, 0.2) is 0 Å². The van der Waals surface area contributed by atoms with E-state index in [2.05, 4.69) is 253 Å². The summed E-state index contributed by atoms with van der Waals surface area (Å²) in [6.45, 7) is 2.29. The Balaban J connectivity index is 1.28. The molecular weight excluding hydrogens is 737 g/mol. The molecule has 2 heteroatoms. The number of anilines is 6. The molecule has 288 valence electrons. The SMILES string of the molecule is Cc1c(-c2c3ccc(N(c4ccccc4)c4ccccc4)cc3c(-c3ccc4ccccc4c3)c3ccc(N(c4ccccc4)c4ccccc4)cc23)ccc2ccccc12. The highest BCUT2D eigenvalue weighted by Crippen LogP contribution is 2.49. The Morgan fingerprint density at radius 1 is 0.262 bits per heavy atom. The van der Waals surface area contributed by atoms with Gasteiger partial charge in [0, 0.05) is 34.1 Å². The Hall–Kier alpha value is -7.94. The molecule has 0 radical (unpaired) electrons. The average molecular weight is 779 g/mol. The highest BCUT2D eigenvalue weighted by Gasteiger charge is 2.23. The van der Waals surface area contributed by atoms with Crippen molar-refractivity contribution in [3.8, 4) is 22.3 Å². The second kappa shape index (κ2) is 15.3. The lowest BCUT2D eigenvalue weighted by Gasteiger charge is -2.28.